The standard InChI is InChI=1S/C20H28N4O3/c1-13(2)18(24-11-14(3)26-15(4)12-24)20(25)21-10-17-22-19(23-27-17)16-8-6-5-7-9-16/h5-9,13-15,18H,10-12H2,1-4H3,(H,21,25). The van der Waals surface area contributed by atoms with Crippen LogP contribution in [-0.4, -0.2) is 52.3 Å². The highest BCUT2D eigenvalue weighted by Crippen LogP contribution is 2.19. The van der Waals surface area contributed by atoms with Crippen molar-refractivity contribution in [2.24, 2.45) is 5.92 Å². The molecule has 2 heterocycles. The second kappa shape index (κ2) is 8.63. The van der Waals surface area contributed by atoms with Crippen LogP contribution in [0.2, 0.25) is 0 Å². The van der Waals surface area contributed by atoms with Gasteiger partial charge in [0, 0.05) is 18.7 Å². The first kappa shape index (κ1) is 19.5. The molecule has 1 aromatic carbocycles. The summed E-state index contributed by atoms with van der Waals surface area (Å²) in [6, 6.07) is 9.40. The average molecular weight is 372 g/mol. The number of benzene rings is 1. The zero-order chi connectivity index (χ0) is 19.4. The van der Waals surface area contributed by atoms with Crippen LogP contribution in [0.15, 0.2) is 34.9 Å². The Balaban J connectivity index is 1.62. The maximum Gasteiger partial charge on any atom is 0.246 e. The van der Waals surface area contributed by atoms with Gasteiger partial charge in [0.2, 0.25) is 17.6 Å². The Morgan fingerprint density at radius 3 is 2.52 bits per heavy atom. The van der Waals surface area contributed by atoms with Crippen molar-refractivity contribution in [3.63, 3.8) is 0 Å². The largest absolute Gasteiger partial charge is 0.373 e. The number of nitrogens with one attached hydrogen (secondary N) is 1. The Kier molecular flexibility index (Phi) is 6.23. The zero-order valence-corrected chi connectivity index (χ0v) is 16.4. The highest BCUT2D eigenvalue weighted by Gasteiger charge is 2.34. The van der Waals surface area contributed by atoms with Gasteiger partial charge in [0.25, 0.3) is 0 Å². The monoisotopic (exact) mass is 372 g/mol. The van der Waals surface area contributed by atoms with Crippen LogP contribution in [0.5, 0.6) is 0 Å². The predicted octanol–water partition coefficient (Wildman–Crippen LogP) is 2.49. The fourth-order valence-corrected chi connectivity index (χ4v) is 3.63. The summed E-state index contributed by atoms with van der Waals surface area (Å²) in [5.41, 5.74) is 0.884. The molecular formula is C20H28N4O3. The summed E-state index contributed by atoms with van der Waals surface area (Å²) in [5.74, 6) is 1.08. The van der Waals surface area contributed by atoms with Crippen molar-refractivity contribution in [2.75, 3.05) is 13.1 Å². The number of hydrogen-bond acceptors (Lipinski definition) is 6. The van der Waals surface area contributed by atoms with Gasteiger partial charge in [-0.3, -0.25) is 9.69 Å². The SMILES string of the molecule is CC1CN(C(C(=O)NCc2nc(-c3ccccc3)no2)C(C)C)CC(C)O1. The number of nitrogens with zero attached hydrogens (tertiary/aromatic N) is 3. The third kappa shape index (κ3) is 4.93. The molecule has 1 saturated heterocycles. The molecule has 7 heteroatoms. The van der Waals surface area contributed by atoms with Crippen LogP contribution in [0.4, 0.5) is 0 Å². The lowest BCUT2D eigenvalue weighted by molar-refractivity contribution is -0.135. The van der Waals surface area contributed by atoms with E-state index in [1.165, 1.54) is 0 Å². The van der Waals surface area contributed by atoms with E-state index in [0.717, 1.165) is 18.7 Å². The Hall–Kier alpha value is -2.25. The minimum absolute atomic E-state index is 0.0224. The van der Waals surface area contributed by atoms with Crippen LogP contribution in [0, 0.1) is 5.92 Å². The Labute approximate surface area is 160 Å². The van der Waals surface area contributed by atoms with E-state index in [1.54, 1.807) is 0 Å². The highest BCUT2D eigenvalue weighted by molar-refractivity contribution is 5.82. The summed E-state index contributed by atoms with van der Waals surface area (Å²) >= 11 is 0. The fraction of sp³-hybridized carbons (Fsp3) is 0.550. The van der Waals surface area contributed by atoms with Gasteiger partial charge >= 0.3 is 0 Å². The molecule has 0 bridgehead atoms. The van der Waals surface area contributed by atoms with Gasteiger partial charge in [-0.2, -0.15) is 4.98 Å². The van der Waals surface area contributed by atoms with E-state index in [4.69, 9.17) is 9.26 Å². The molecule has 1 aromatic heterocycles. The lowest BCUT2D eigenvalue weighted by Gasteiger charge is -2.40. The molecule has 1 N–H and O–H groups in total. The molecule has 3 rings (SSSR count). The highest BCUT2D eigenvalue weighted by atomic mass is 16.5. The minimum atomic E-state index is -0.213. The minimum Gasteiger partial charge on any atom is -0.373 e. The summed E-state index contributed by atoms with van der Waals surface area (Å²) in [6.07, 6.45) is 0.236. The third-order valence-corrected chi connectivity index (χ3v) is 4.66. The number of carbonyl (C=O) groups is 1. The Morgan fingerprint density at radius 1 is 1.22 bits per heavy atom. The number of hydrogen-bond donors (Lipinski definition) is 1. The predicted molar refractivity (Wildman–Crippen MR) is 102 cm³/mol. The molecule has 0 saturated carbocycles. The lowest BCUT2D eigenvalue weighted by atomic mass is 9.99. The van der Waals surface area contributed by atoms with Gasteiger partial charge in [-0.05, 0) is 19.8 Å². The first-order valence-electron chi connectivity index (χ1n) is 9.49. The molecule has 2 aromatic rings. The van der Waals surface area contributed by atoms with E-state index in [1.807, 2.05) is 44.2 Å². The quantitative estimate of drug-likeness (QED) is 0.839. The van der Waals surface area contributed by atoms with Gasteiger partial charge in [0.15, 0.2) is 0 Å². The molecule has 3 unspecified atom stereocenters. The van der Waals surface area contributed by atoms with Gasteiger partial charge in [-0.25, -0.2) is 0 Å². The number of morpholine rings is 1. The van der Waals surface area contributed by atoms with E-state index < -0.39 is 0 Å². The molecule has 3 atom stereocenters. The number of rotatable bonds is 6. The van der Waals surface area contributed by atoms with Gasteiger partial charge in [0.05, 0.1) is 24.8 Å². The summed E-state index contributed by atoms with van der Waals surface area (Å²) < 4.78 is 11.1. The first-order valence-corrected chi connectivity index (χ1v) is 9.49. The van der Waals surface area contributed by atoms with Crippen molar-refractivity contribution in [1.29, 1.82) is 0 Å². The second-order valence-corrected chi connectivity index (χ2v) is 7.50. The fourth-order valence-electron chi connectivity index (χ4n) is 3.63. The van der Waals surface area contributed by atoms with Gasteiger partial charge in [0.1, 0.15) is 0 Å². The molecule has 1 aliphatic heterocycles. The molecular weight excluding hydrogens is 344 g/mol. The van der Waals surface area contributed by atoms with Crippen molar-refractivity contribution in [3.05, 3.63) is 36.2 Å². The molecule has 0 aliphatic carbocycles. The van der Waals surface area contributed by atoms with Gasteiger partial charge in [-0.15, -0.1) is 0 Å². The first-order chi connectivity index (χ1) is 12.9. The van der Waals surface area contributed by atoms with E-state index in [9.17, 15) is 4.79 Å². The summed E-state index contributed by atoms with van der Waals surface area (Å²) in [7, 11) is 0. The van der Waals surface area contributed by atoms with E-state index in [-0.39, 0.29) is 36.6 Å². The van der Waals surface area contributed by atoms with Crippen LogP contribution >= 0.6 is 0 Å². The second-order valence-electron chi connectivity index (χ2n) is 7.50. The molecule has 0 radical (unpaired) electrons. The van der Waals surface area contributed by atoms with Crippen LogP contribution in [0.3, 0.4) is 0 Å². The Morgan fingerprint density at radius 2 is 1.89 bits per heavy atom. The number of ether oxygens (including phenoxy) is 1. The molecule has 27 heavy (non-hydrogen) atoms. The maximum absolute atomic E-state index is 12.9. The van der Waals surface area contributed by atoms with Crippen molar-refractivity contribution in [3.8, 4) is 11.4 Å². The van der Waals surface area contributed by atoms with Crippen molar-refractivity contribution in [1.82, 2.24) is 20.4 Å². The summed E-state index contributed by atoms with van der Waals surface area (Å²) in [5, 5.41) is 6.94. The van der Waals surface area contributed by atoms with Crippen molar-refractivity contribution < 1.29 is 14.1 Å². The molecule has 1 amide bonds. The average Bonchev–Trinajstić information content (AvgIpc) is 3.09. The van der Waals surface area contributed by atoms with E-state index in [0.29, 0.717) is 11.7 Å². The summed E-state index contributed by atoms with van der Waals surface area (Å²) in [4.78, 5) is 19.4. The summed E-state index contributed by atoms with van der Waals surface area (Å²) in [6.45, 7) is 9.93. The molecule has 1 fully saturated rings. The smallest absolute Gasteiger partial charge is 0.246 e. The number of aromatic nitrogens is 2. The van der Waals surface area contributed by atoms with Crippen LogP contribution in [0.25, 0.3) is 11.4 Å². The van der Waals surface area contributed by atoms with Crippen molar-refractivity contribution >= 4 is 5.91 Å². The lowest BCUT2D eigenvalue weighted by Crippen LogP contribution is -2.56. The van der Waals surface area contributed by atoms with Crippen molar-refractivity contribution in [2.45, 2.75) is 52.5 Å². The maximum atomic E-state index is 12.9. The molecule has 146 valence electrons. The van der Waals surface area contributed by atoms with E-state index >= 15 is 0 Å². The third-order valence-electron chi connectivity index (χ3n) is 4.66. The topological polar surface area (TPSA) is 80.5 Å². The van der Waals surface area contributed by atoms with Crippen LogP contribution in [0.1, 0.15) is 33.6 Å². The Bertz CT molecular complexity index is 737. The number of carbonyl (C=O) groups excluding carboxylic acids is 1. The number of amides is 1. The van der Waals surface area contributed by atoms with Gasteiger partial charge < -0.3 is 14.6 Å². The van der Waals surface area contributed by atoms with Crippen LogP contribution in [-0.2, 0) is 16.1 Å². The van der Waals surface area contributed by atoms with E-state index in [2.05, 4.69) is 34.2 Å². The molecule has 7 nitrogen and oxygen atoms in total. The zero-order valence-electron chi connectivity index (χ0n) is 16.4. The normalized spacial score (nSPS) is 22.0. The van der Waals surface area contributed by atoms with Crippen LogP contribution < -0.4 is 5.32 Å². The van der Waals surface area contributed by atoms with Gasteiger partial charge in [-0.1, -0.05) is 49.3 Å². The molecule has 0 spiro atoms. The molecule has 1 aliphatic rings.